The van der Waals surface area contributed by atoms with Crippen LogP contribution in [0.1, 0.15) is 45.2 Å². The van der Waals surface area contributed by atoms with Crippen molar-refractivity contribution in [3.05, 3.63) is 29.8 Å². The molecule has 0 saturated heterocycles. The zero-order valence-electron chi connectivity index (χ0n) is 10.8. The molecule has 0 amide bonds. The second kappa shape index (κ2) is 6.54. The fourth-order valence-electron chi connectivity index (χ4n) is 1.87. The SMILES string of the molecule is CCCC(NC)c1ccccc1OC(C)C. The van der Waals surface area contributed by atoms with Gasteiger partial charge in [0.1, 0.15) is 5.75 Å². The lowest BCUT2D eigenvalue weighted by Crippen LogP contribution is -2.18. The Morgan fingerprint density at radius 2 is 1.94 bits per heavy atom. The van der Waals surface area contributed by atoms with Gasteiger partial charge < -0.3 is 10.1 Å². The van der Waals surface area contributed by atoms with E-state index < -0.39 is 0 Å². The lowest BCUT2D eigenvalue weighted by Gasteiger charge is -2.21. The average Bonchev–Trinajstić information content (AvgIpc) is 2.26. The third-order valence-corrected chi connectivity index (χ3v) is 2.58. The molecule has 0 saturated carbocycles. The van der Waals surface area contributed by atoms with Crippen LogP contribution in [-0.4, -0.2) is 13.2 Å². The van der Waals surface area contributed by atoms with Gasteiger partial charge in [-0.05, 0) is 33.4 Å². The minimum atomic E-state index is 0.222. The van der Waals surface area contributed by atoms with E-state index in [-0.39, 0.29) is 6.10 Å². The van der Waals surface area contributed by atoms with E-state index in [1.54, 1.807) is 0 Å². The Hall–Kier alpha value is -1.02. The lowest BCUT2D eigenvalue weighted by molar-refractivity contribution is 0.237. The van der Waals surface area contributed by atoms with Gasteiger partial charge in [-0.3, -0.25) is 0 Å². The Bertz CT molecular complexity index is 309. The van der Waals surface area contributed by atoms with Gasteiger partial charge in [0.15, 0.2) is 0 Å². The normalized spacial score (nSPS) is 12.8. The minimum Gasteiger partial charge on any atom is -0.491 e. The molecule has 16 heavy (non-hydrogen) atoms. The smallest absolute Gasteiger partial charge is 0.124 e. The minimum absolute atomic E-state index is 0.222. The molecule has 1 unspecified atom stereocenters. The molecule has 0 aromatic heterocycles. The third-order valence-electron chi connectivity index (χ3n) is 2.58. The number of hydrogen-bond donors (Lipinski definition) is 1. The van der Waals surface area contributed by atoms with E-state index in [0.29, 0.717) is 6.04 Å². The van der Waals surface area contributed by atoms with E-state index in [9.17, 15) is 0 Å². The maximum absolute atomic E-state index is 5.83. The van der Waals surface area contributed by atoms with Crippen LogP contribution in [0.15, 0.2) is 24.3 Å². The lowest BCUT2D eigenvalue weighted by atomic mass is 10.0. The first-order valence-electron chi connectivity index (χ1n) is 6.11. The Morgan fingerprint density at radius 3 is 2.50 bits per heavy atom. The van der Waals surface area contributed by atoms with Crippen LogP contribution in [0, 0.1) is 0 Å². The van der Waals surface area contributed by atoms with Gasteiger partial charge in [-0.1, -0.05) is 31.5 Å². The Labute approximate surface area is 99.0 Å². The van der Waals surface area contributed by atoms with Gasteiger partial charge >= 0.3 is 0 Å². The summed E-state index contributed by atoms with van der Waals surface area (Å²) in [6.45, 7) is 6.33. The van der Waals surface area contributed by atoms with Crippen molar-refractivity contribution < 1.29 is 4.74 Å². The number of rotatable bonds is 6. The van der Waals surface area contributed by atoms with Crippen LogP contribution in [0.3, 0.4) is 0 Å². The maximum atomic E-state index is 5.83. The van der Waals surface area contributed by atoms with Gasteiger partial charge in [-0.25, -0.2) is 0 Å². The van der Waals surface area contributed by atoms with Gasteiger partial charge in [0.25, 0.3) is 0 Å². The molecule has 0 spiro atoms. The zero-order valence-corrected chi connectivity index (χ0v) is 10.8. The van der Waals surface area contributed by atoms with Crippen molar-refractivity contribution in [2.75, 3.05) is 7.05 Å². The Morgan fingerprint density at radius 1 is 1.25 bits per heavy atom. The standard InChI is InChI=1S/C14H23NO/c1-5-8-13(15-4)12-9-6-7-10-14(12)16-11(2)3/h6-7,9-11,13,15H,5,8H2,1-4H3. The molecule has 2 nitrogen and oxygen atoms in total. The van der Waals surface area contributed by atoms with Crippen LogP contribution in [0.2, 0.25) is 0 Å². The number of nitrogens with one attached hydrogen (secondary N) is 1. The molecule has 0 aliphatic carbocycles. The van der Waals surface area contributed by atoms with Gasteiger partial charge in [-0.2, -0.15) is 0 Å². The molecule has 2 heteroatoms. The quantitative estimate of drug-likeness (QED) is 0.793. The molecule has 90 valence electrons. The fourth-order valence-corrected chi connectivity index (χ4v) is 1.87. The van der Waals surface area contributed by atoms with Crippen LogP contribution in [-0.2, 0) is 0 Å². The highest BCUT2D eigenvalue weighted by molar-refractivity contribution is 5.36. The molecule has 1 rings (SSSR count). The summed E-state index contributed by atoms with van der Waals surface area (Å²) in [4.78, 5) is 0. The van der Waals surface area contributed by atoms with Gasteiger partial charge in [0.2, 0.25) is 0 Å². The monoisotopic (exact) mass is 221 g/mol. The molecular formula is C14H23NO. The number of para-hydroxylation sites is 1. The molecule has 1 aromatic carbocycles. The molecule has 0 radical (unpaired) electrons. The summed E-state index contributed by atoms with van der Waals surface area (Å²) in [6.07, 6.45) is 2.52. The van der Waals surface area contributed by atoms with Gasteiger partial charge in [0.05, 0.1) is 6.10 Å². The van der Waals surface area contributed by atoms with Crippen molar-refractivity contribution in [2.45, 2.75) is 45.8 Å². The van der Waals surface area contributed by atoms with E-state index in [2.05, 4.69) is 44.3 Å². The molecule has 1 N–H and O–H groups in total. The number of ether oxygens (including phenoxy) is 1. The van der Waals surface area contributed by atoms with Crippen molar-refractivity contribution in [1.29, 1.82) is 0 Å². The van der Waals surface area contributed by atoms with Crippen LogP contribution >= 0.6 is 0 Å². The van der Waals surface area contributed by atoms with E-state index in [1.165, 1.54) is 12.0 Å². The predicted molar refractivity (Wildman–Crippen MR) is 68.9 cm³/mol. The van der Waals surface area contributed by atoms with Crippen LogP contribution in [0.25, 0.3) is 0 Å². The highest BCUT2D eigenvalue weighted by Crippen LogP contribution is 2.28. The van der Waals surface area contributed by atoms with Crippen molar-refractivity contribution in [3.8, 4) is 5.75 Å². The fraction of sp³-hybridized carbons (Fsp3) is 0.571. The second-order valence-electron chi connectivity index (χ2n) is 4.33. The Kier molecular flexibility index (Phi) is 5.33. The first-order valence-corrected chi connectivity index (χ1v) is 6.11. The van der Waals surface area contributed by atoms with Gasteiger partial charge in [0, 0.05) is 11.6 Å². The summed E-state index contributed by atoms with van der Waals surface area (Å²) in [5, 5.41) is 3.35. The van der Waals surface area contributed by atoms with Crippen LogP contribution in [0.4, 0.5) is 0 Å². The van der Waals surface area contributed by atoms with Crippen molar-refractivity contribution in [1.82, 2.24) is 5.32 Å². The van der Waals surface area contributed by atoms with Gasteiger partial charge in [-0.15, -0.1) is 0 Å². The molecule has 0 aliphatic heterocycles. The summed E-state index contributed by atoms with van der Waals surface area (Å²) in [5.74, 6) is 1.00. The van der Waals surface area contributed by atoms with E-state index in [0.717, 1.165) is 12.2 Å². The molecular weight excluding hydrogens is 198 g/mol. The Balaban J connectivity index is 2.91. The van der Waals surface area contributed by atoms with Crippen molar-refractivity contribution in [2.24, 2.45) is 0 Å². The number of hydrogen-bond acceptors (Lipinski definition) is 2. The molecule has 0 bridgehead atoms. The largest absolute Gasteiger partial charge is 0.491 e. The molecule has 0 aliphatic rings. The van der Waals surface area contributed by atoms with E-state index in [4.69, 9.17) is 4.74 Å². The van der Waals surface area contributed by atoms with E-state index >= 15 is 0 Å². The first-order chi connectivity index (χ1) is 7.69. The summed E-state index contributed by atoms with van der Waals surface area (Å²) in [5.41, 5.74) is 1.26. The van der Waals surface area contributed by atoms with E-state index in [1.807, 2.05) is 13.1 Å². The summed E-state index contributed by atoms with van der Waals surface area (Å²) < 4.78 is 5.83. The zero-order chi connectivity index (χ0) is 12.0. The predicted octanol–water partition coefficient (Wildman–Crippen LogP) is 3.53. The highest BCUT2D eigenvalue weighted by atomic mass is 16.5. The van der Waals surface area contributed by atoms with Crippen LogP contribution in [0.5, 0.6) is 5.75 Å². The topological polar surface area (TPSA) is 21.3 Å². The molecule has 0 heterocycles. The summed E-state index contributed by atoms with van der Waals surface area (Å²) in [7, 11) is 2.01. The first kappa shape index (κ1) is 13.0. The second-order valence-corrected chi connectivity index (χ2v) is 4.33. The summed E-state index contributed by atoms with van der Waals surface area (Å²) in [6, 6.07) is 8.69. The third kappa shape index (κ3) is 3.53. The molecule has 1 atom stereocenters. The molecule has 0 fully saturated rings. The molecule has 1 aromatic rings. The summed E-state index contributed by atoms with van der Waals surface area (Å²) >= 11 is 0. The number of benzene rings is 1. The highest BCUT2D eigenvalue weighted by Gasteiger charge is 2.13. The van der Waals surface area contributed by atoms with Crippen molar-refractivity contribution >= 4 is 0 Å². The average molecular weight is 221 g/mol. The van der Waals surface area contributed by atoms with Crippen molar-refractivity contribution in [3.63, 3.8) is 0 Å². The van der Waals surface area contributed by atoms with Crippen LogP contribution < -0.4 is 10.1 Å². The maximum Gasteiger partial charge on any atom is 0.124 e.